The molecule has 3 aromatic carbocycles. The number of fused-ring (bicyclic) bond motifs is 2. The van der Waals surface area contributed by atoms with Gasteiger partial charge in [0.2, 0.25) is 15.9 Å². The summed E-state index contributed by atoms with van der Waals surface area (Å²) in [4.78, 5) is 18.8. The fourth-order valence-electron chi connectivity index (χ4n) is 4.25. The first kappa shape index (κ1) is 23.6. The van der Waals surface area contributed by atoms with E-state index in [0.717, 1.165) is 10.8 Å². The molecule has 2 heterocycles. The molecule has 1 amide bonds. The summed E-state index contributed by atoms with van der Waals surface area (Å²) in [7, 11) is -3.90. The molecule has 0 atom stereocenters. The van der Waals surface area contributed by atoms with Crippen LogP contribution in [0, 0.1) is 0 Å². The summed E-state index contributed by atoms with van der Waals surface area (Å²) in [5.74, 6) is 1.41. The number of nitrogens with zero attached hydrogens (tertiary/aromatic N) is 2. The van der Waals surface area contributed by atoms with Gasteiger partial charge in [0.25, 0.3) is 0 Å². The van der Waals surface area contributed by atoms with Gasteiger partial charge in [0.1, 0.15) is 23.9 Å². The van der Waals surface area contributed by atoms with E-state index in [2.05, 4.69) is 4.98 Å². The van der Waals surface area contributed by atoms with Crippen molar-refractivity contribution in [3.63, 3.8) is 0 Å². The van der Waals surface area contributed by atoms with Crippen LogP contribution in [0.1, 0.15) is 6.42 Å². The molecule has 1 aromatic heterocycles. The van der Waals surface area contributed by atoms with E-state index in [1.54, 1.807) is 47.5 Å². The molecule has 10 heteroatoms. The Morgan fingerprint density at radius 3 is 2.75 bits per heavy atom. The maximum Gasteiger partial charge on any atom is 0.238 e. The van der Waals surface area contributed by atoms with Crippen LogP contribution in [0.2, 0.25) is 0 Å². The second-order valence-corrected chi connectivity index (χ2v) is 9.82. The molecule has 0 radical (unpaired) electrons. The number of ether oxygens (including phenoxy) is 2. The van der Waals surface area contributed by atoms with Gasteiger partial charge in [-0.2, -0.15) is 0 Å². The Bertz CT molecular complexity index is 1570. The largest absolute Gasteiger partial charge is 0.493 e. The molecule has 0 bridgehead atoms. The number of primary sulfonamides is 1. The van der Waals surface area contributed by atoms with Gasteiger partial charge in [0.15, 0.2) is 0 Å². The van der Waals surface area contributed by atoms with Gasteiger partial charge in [-0.1, -0.05) is 30.3 Å². The van der Waals surface area contributed by atoms with Gasteiger partial charge in [-0.15, -0.1) is 0 Å². The van der Waals surface area contributed by atoms with Gasteiger partial charge in [-0.25, -0.2) is 18.5 Å². The van der Waals surface area contributed by atoms with E-state index in [0.29, 0.717) is 47.3 Å². The monoisotopic (exact) mass is 504 g/mol. The fraction of sp³-hybridized carbons (Fsp3) is 0.154. The van der Waals surface area contributed by atoms with Crippen LogP contribution in [-0.4, -0.2) is 39.1 Å². The molecule has 0 aliphatic carbocycles. The predicted octanol–water partition coefficient (Wildman–Crippen LogP) is 3.33. The molecule has 0 saturated heterocycles. The molecule has 0 spiro atoms. The lowest BCUT2D eigenvalue weighted by Gasteiger charge is -2.30. The number of nitrogens with two attached hydrogens (primary N) is 2. The molecule has 0 saturated carbocycles. The van der Waals surface area contributed by atoms with E-state index in [-0.39, 0.29) is 23.8 Å². The van der Waals surface area contributed by atoms with Gasteiger partial charge in [-0.3, -0.25) is 4.79 Å². The van der Waals surface area contributed by atoms with Crippen LogP contribution in [0.25, 0.3) is 21.9 Å². The zero-order valence-electron chi connectivity index (χ0n) is 19.3. The molecule has 0 fully saturated rings. The Morgan fingerprint density at radius 2 is 1.92 bits per heavy atom. The van der Waals surface area contributed by atoms with Gasteiger partial charge in [0.05, 0.1) is 30.2 Å². The Labute approximate surface area is 208 Å². The third kappa shape index (κ3) is 4.68. The van der Waals surface area contributed by atoms with E-state index in [1.807, 2.05) is 24.3 Å². The van der Waals surface area contributed by atoms with Gasteiger partial charge in [-0.05, 0) is 47.3 Å². The van der Waals surface area contributed by atoms with E-state index in [4.69, 9.17) is 20.3 Å². The molecular formula is C26H24N4O5S. The summed E-state index contributed by atoms with van der Waals surface area (Å²) in [6.07, 6.45) is 1.81. The first-order chi connectivity index (χ1) is 17.3. The van der Waals surface area contributed by atoms with Crippen molar-refractivity contribution in [2.75, 3.05) is 30.4 Å². The number of hydrogen-bond donors (Lipinski definition) is 2. The maximum absolute atomic E-state index is 13.0. The number of pyridine rings is 1. The number of nitrogen functional groups attached to an aromatic ring is 1. The SMILES string of the molecule is Nc1nccc2ccc(OCCC(=O)N3CCOc4cc(-c5ccccc5S(N)(=O)=O)ccc43)cc12. The van der Waals surface area contributed by atoms with Crippen molar-refractivity contribution in [3.8, 4) is 22.6 Å². The van der Waals surface area contributed by atoms with Crippen molar-refractivity contribution in [2.24, 2.45) is 5.14 Å². The van der Waals surface area contributed by atoms with E-state index >= 15 is 0 Å². The Morgan fingerprint density at radius 1 is 1.08 bits per heavy atom. The minimum atomic E-state index is -3.90. The minimum Gasteiger partial charge on any atom is -0.493 e. The average Bonchev–Trinajstić information content (AvgIpc) is 2.88. The minimum absolute atomic E-state index is 0.0251. The first-order valence-electron chi connectivity index (χ1n) is 11.3. The zero-order valence-corrected chi connectivity index (χ0v) is 20.1. The van der Waals surface area contributed by atoms with Gasteiger partial charge < -0.3 is 20.1 Å². The number of hydrogen-bond acceptors (Lipinski definition) is 7. The zero-order chi connectivity index (χ0) is 25.3. The number of sulfonamides is 1. The predicted molar refractivity (Wildman–Crippen MR) is 137 cm³/mol. The number of rotatable bonds is 6. The topological polar surface area (TPSA) is 138 Å². The quantitative estimate of drug-likeness (QED) is 0.411. The summed E-state index contributed by atoms with van der Waals surface area (Å²) >= 11 is 0. The molecule has 1 aliphatic heterocycles. The lowest BCUT2D eigenvalue weighted by atomic mass is 10.0. The van der Waals surface area contributed by atoms with Crippen LogP contribution in [0.5, 0.6) is 11.5 Å². The highest BCUT2D eigenvalue weighted by molar-refractivity contribution is 7.89. The molecule has 36 heavy (non-hydrogen) atoms. The van der Waals surface area contributed by atoms with Gasteiger partial charge >= 0.3 is 0 Å². The maximum atomic E-state index is 13.0. The average molecular weight is 505 g/mol. The molecule has 4 N–H and O–H groups in total. The van der Waals surface area contributed by atoms with Crippen molar-refractivity contribution < 1.29 is 22.7 Å². The summed E-state index contributed by atoms with van der Waals surface area (Å²) in [5, 5.41) is 7.14. The van der Waals surface area contributed by atoms with Crippen LogP contribution >= 0.6 is 0 Å². The third-order valence-corrected chi connectivity index (χ3v) is 6.95. The second-order valence-electron chi connectivity index (χ2n) is 8.30. The van der Waals surface area contributed by atoms with Crippen molar-refractivity contribution in [1.29, 1.82) is 0 Å². The molecular weight excluding hydrogens is 480 g/mol. The molecule has 5 rings (SSSR count). The van der Waals surface area contributed by atoms with Crippen LogP contribution in [0.3, 0.4) is 0 Å². The number of carbonyl (C=O) groups is 1. The number of aromatic nitrogens is 1. The summed E-state index contributed by atoms with van der Waals surface area (Å²) < 4.78 is 35.6. The van der Waals surface area contributed by atoms with Gasteiger partial charge in [0, 0.05) is 17.1 Å². The van der Waals surface area contributed by atoms with Crippen LogP contribution < -0.4 is 25.2 Å². The van der Waals surface area contributed by atoms with Crippen molar-refractivity contribution >= 4 is 38.2 Å². The normalized spacial score (nSPS) is 13.2. The Kier molecular flexibility index (Phi) is 6.21. The molecule has 0 unspecified atom stereocenters. The first-order valence-corrected chi connectivity index (χ1v) is 12.8. The van der Waals surface area contributed by atoms with Crippen molar-refractivity contribution in [1.82, 2.24) is 4.98 Å². The molecule has 4 aromatic rings. The molecule has 9 nitrogen and oxygen atoms in total. The third-order valence-electron chi connectivity index (χ3n) is 5.98. The lowest BCUT2D eigenvalue weighted by Crippen LogP contribution is -2.38. The van der Waals surface area contributed by atoms with E-state index in [9.17, 15) is 13.2 Å². The van der Waals surface area contributed by atoms with Crippen LogP contribution in [0.15, 0.2) is 77.8 Å². The van der Waals surface area contributed by atoms with Crippen LogP contribution in [0.4, 0.5) is 11.5 Å². The van der Waals surface area contributed by atoms with Crippen molar-refractivity contribution in [2.45, 2.75) is 11.3 Å². The second kappa shape index (κ2) is 9.48. The lowest BCUT2D eigenvalue weighted by molar-refractivity contribution is -0.119. The standard InChI is InChI=1S/C26H24N4O5S/c27-26-21-16-19(7-5-17(21)9-11-29-26)34-13-10-25(31)30-12-14-35-23-15-18(6-8-22(23)30)20-3-1-2-4-24(20)36(28,32)33/h1-9,11,15-16H,10,12-14H2,(H2,27,29)(H2,28,32,33). The Hall–Kier alpha value is -4.15. The smallest absolute Gasteiger partial charge is 0.238 e. The number of anilines is 2. The highest BCUT2D eigenvalue weighted by Gasteiger charge is 2.25. The van der Waals surface area contributed by atoms with Crippen LogP contribution in [-0.2, 0) is 14.8 Å². The number of amides is 1. The Balaban J connectivity index is 1.31. The number of benzene rings is 3. The summed E-state index contributed by atoms with van der Waals surface area (Å²) in [6, 6.07) is 19.1. The summed E-state index contributed by atoms with van der Waals surface area (Å²) in [5.41, 5.74) is 7.66. The molecule has 1 aliphatic rings. The van der Waals surface area contributed by atoms with E-state index in [1.165, 1.54) is 6.07 Å². The molecule has 184 valence electrons. The van der Waals surface area contributed by atoms with E-state index < -0.39 is 10.0 Å². The summed E-state index contributed by atoms with van der Waals surface area (Å²) in [6.45, 7) is 0.908. The highest BCUT2D eigenvalue weighted by atomic mass is 32.2. The van der Waals surface area contributed by atoms with Crippen molar-refractivity contribution in [3.05, 3.63) is 72.9 Å². The highest BCUT2D eigenvalue weighted by Crippen LogP contribution is 2.37. The number of carbonyl (C=O) groups excluding carboxylic acids is 1. The fourth-order valence-corrected chi connectivity index (χ4v) is 5.01.